The van der Waals surface area contributed by atoms with Gasteiger partial charge in [0.25, 0.3) is 0 Å². The lowest BCUT2D eigenvalue weighted by atomic mass is 10.1. The second-order valence-corrected chi connectivity index (χ2v) is 8.80. The van der Waals surface area contributed by atoms with Crippen LogP contribution in [-0.4, -0.2) is 36.5 Å². The number of carbonyl (C=O) groups excluding carboxylic acids is 2. The topological polar surface area (TPSA) is 64.7 Å². The number of rotatable bonds is 7. The Hall–Kier alpha value is -3.09. The lowest BCUT2D eigenvalue weighted by molar-refractivity contribution is -0.115. The molecule has 0 aliphatic heterocycles. The number of benzene rings is 2. The van der Waals surface area contributed by atoms with Crippen molar-refractivity contribution >= 4 is 23.3 Å². The molecule has 31 heavy (non-hydrogen) atoms. The average molecular weight is 429 g/mol. The molecule has 2 N–H and O–H groups in total. The molecule has 0 saturated heterocycles. The minimum absolute atomic E-state index is 0.0720. The van der Waals surface area contributed by atoms with Gasteiger partial charge in [-0.3, -0.25) is 4.79 Å². The van der Waals surface area contributed by atoms with Crippen molar-refractivity contribution in [3.8, 4) is 0 Å². The summed E-state index contributed by atoms with van der Waals surface area (Å²) in [4.78, 5) is 28.6. The predicted molar refractivity (Wildman–Crippen MR) is 124 cm³/mol. The summed E-state index contributed by atoms with van der Waals surface area (Å²) in [6, 6.07) is 11.6. The van der Waals surface area contributed by atoms with Gasteiger partial charge in [-0.05, 0) is 62.2 Å². The van der Waals surface area contributed by atoms with Gasteiger partial charge in [0, 0.05) is 50.5 Å². The summed E-state index contributed by atoms with van der Waals surface area (Å²) < 4.78 is 13.3. The number of anilines is 2. The van der Waals surface area contributed by atoms with E-state index in [1.807, 2.05) is 58.0 Å². The summed E-state index contributed by atoms with van der Waals surface area (Å²) >= 11 is 0. The first kappa shape index (κ1) is 24.2. The van der Waals surface area contributed by atoms with E-state index in [0.717, 1.165) is 16.8 Å². The molecule has 0 aromatic heterocycles. The molecule has 0 fully saturated rings. The van der Waals surface area contributed by atoms with Crippen LogP contribution < -0.4 is 15.5 Å². The van der Waals surface area contributed by atoms with Gasteiger partial charge in [0.15, 0.2) is 0 Å². The summed E-state index contributed by atoms with van der Waals surface area (Å²) in [5.74, 6) is -0.388. The Labute approximate surface area is 184 Å². The first-order valence-corrected chi connectivity index (χ1v) is 10.4. The van der Waals surface area contributed by atoms with Gasteiger partial charge in [-0.15, -0.1) is 0 Å². The van der Waals surface area contributed by atoms with Crippen molar-refractivity contribution < 1.29 is 14.0 Å². The zero-order chi connectivity index (χ0) is 23.2. The van der Waals surface area contributed by atoms with Crippen molar-refractivity contribution in [1.82, 2.24) is 10.2 Å². The third-order valence-electron chi connectivity index (χ3n) is 4.58. The fourth-order valence-electron chi connectivity index (χ4n) is 3.09. The molecule has 7 heteroatoms. The number of amides is 3. The zero-order valence-electron chi connectivity index (χ0n) is 19.3. The van der Waals surface area contributed by atoms with Crippen LogP contribution in [0.15, 0.2) is 42.5 Å². The number of hydrogen-bond donors (Lipinski definition) is 2. The standard InChI is InChI=1S/C24H33FN4O2/c1-7-22(30)26-20-12-13-21(28(5)6)18(14-20)16-29(23(31)27-24(2,3)4)15-17-8-10-19(25)11-9-17/h8-14H,7,15-16H2,1-6H3,(H,26,30)(H,27,31). The van der Waals surface area contributed by atoms with Crippen LogP contribution in [0.4, 0.5) is 20.6 Å². The number of nitrogens with zero attached hydrogens (tertiary/aromatic N) is 2. The molecule has 6 nitrogen and oxygen atoms in total. The third kappa shape index (κ3) is 7.59. The molecule has 3 amide bonds. The van der Waals surface area contributed by atoms with Crippen molar-refractivity contribution in [2.45, 2.75) is 52.7 Å². The molecule has 168 valence electrons. The molecule has 0 saturated carbocycles. The number of carbonyl (C=O) groups is 2. The first-order chi connectivity index (χ1) is 14.5. The monoisotopic (exact) mass is 428 g/mol. The molecule has 0 bridgehead atoms. The highest BCUT2D eigenvalue weighted by Gasteiger charge is 2.22. The predicted octanol–water partition coefficient (Wildman–Crippen LogP) is 4.75. The van der Waals surface area contributed by atoms with E-state index in [9.17, 15) is 14.0 Å². The smallest absolute Gasteiger partial charge is 0.318 e. The van der Waals surface area contributed by atoms with Crippen LogP contribution in [0, 0.1) is 5.82 Å². The summed E-state index contributed by atoms with van der Waals surface area (Å²) in [7, 11) is 3.87. The molecule has 2 aromatic carbocycles. The van der Waals surface area contributed by atoms with Crippen molar-refractivity contribution in [2.75, 3.05) is 24.3 Å². The second kappa shape index (κ2) is 10.3. The minimum atomic E-state index is -0.403. The summed E-state index contributed by atoms with van der Waals surface area (Å²) in [5.41, 5.74) is 2.95. The van der Waals surface area contributed by atoms with E-state index in [2.05, 4.69) is 10.6 Å². The number of nitrogens with one attached hydrogen (secondary N) is 2. The van der Waals surface area contributed by atoms with Gasteiger partial charge < -0.3 is 20.4 Å². The molecule has 0 unspecified atom stereocenters. The molecule has 0 spiro atoms. The van der Waals surface area contributed by atoms with E-state index in [1.54, 1.807) is 24.0 Å². The molecule has 0 radical (unpaired) electrons. The van der Waals surface area contributed by atoms with Crippen molar-refractivity contribution in [1.29, 1.82) is 0 Å². The van der Waals surface area contributed by atoms with Gasteiger partial charge in [-0.1, -0.05) is 19.1 Å². The molecule has 2 aromatic rings. The van der Waals surface area contributed by atoms with Crippen molar-refractivity contribution in [3.05, 3.63) is 59.4 Å². The molecule has 2 rings (SSSR count). The molecule has 0 atom stereocenters. The summed E-state index contributed by atoms with van der Waals surface area (Å²) in [6.07, 6.45) is 0.384. The van der Waals surface area contributed by atoms with Crippen LogP contribution in [-0.2, 0) is 17.9 Å². The maximum Gasteiger partial charge on any atom is 0.318 e. The highest BCUT2D eigenvalue weighted by molar-refractivity contribution is 5.91. The van der Waals surface area contributed by atoms with Gasteiger partial charge >= 0.3 is 6.03 Å². The Bertz CT molecular complexity index is 905. The van der Waals surface area contributed by atoms with Gasteiger partial charge in [0.2, 0.25) is 5.91 Å². The normalized spacial score (nSPS) is 11.1. The Morgan fingerprint density at radius 3 is 2.19 bits per heavy atom. The fourth-order valence-corrected chi connectivity index (χ4v) is 3.09. The summed E-state index contributed by atoms with van der Waals surface area (Å²) in [5, 5.41) is 5.88. The fraction of sp³-hybridized carbons (Fsp3) is 0.417. The average Bonchev–Trinajstić information content (AvgIpc) is 2.67. The van der Waals surface area contributed by atoms with Crippen LogP contribution in [0.3, 0.4) is 0 Å². The molecule has 0 heterocycles. The van der Waals surface area contributed by atoms with E-state index in [0.29, 0.717) is 25.2 Å². The zero-order valence-corrected chi connectivity index (χ0v) is 19.3. The van der Waals surface area contributed by atoms with Crippen LogP contribution in [0.25, 0.3) is 0 Å². The quantitative estimate of drug-likeness (QED) is 0.669. The van der Waals surface area contributed by atoms with Crippen molar-refractivity contribution in [2.24, 2.45) is 0 Å². The number of hydrogen-bond acceptors (Lipinski definition) is 3. The maximum absolute atomic E-state index is 13.3. The maximum atomic E-state index is 13.3. The van der Waals surface area contributed by atoms with Gasteiger partial charge in [0.1, 0.15) is 5.82 Å². The molecule has 0 aliphatic carbocycles. The van der Waals surface area contributed by atoms with Gasteiger partial charge in [-0.25, -0.2) is 9.18 Å². The Kier molecular flexibility index (Phi) is 8.02. The van der Waals surface area contributed by atoms with Crippen LogP contribution in [0.5, 0.6) is 0 Å². The SMILES string of the molecule is CCC(=O)Nc1ccc(N(C)C)c(CN(Cc2ccc(F)cc2)C(=O)NC(C)(C)C)c1. The van der Waals surface area contributed by atoms with Gasteiger partial charge in [-0.2, -0.15) is 0 Å². The highest BCUT2D eigenvalue weighted by atomic mass is 19.1. The third-order valence-corrected chi connectivity index (χ3v) is 4.58. The summed E-state index contributed by atoms with van der Waals surface area (Å²) in [6.45, 7) is 8.21. The minimum Gasteiger partial charge on any atom is -0.377 e. The number of halogens is 1. The van der Waals surface area contributed by atoms with Crippen LogP contribution in [0.2, 0.25) is 0 Å². The lowest BCUT2D eigenvalue weighted by Crippen LogP contribution is -2.48. The number of urea groups is 1. The molecular weight excluding hydrogens is 395 g/mol. The Morgan fingerprint density at radius 2 is 1.65 bits per heavy atom. The Balaban J connectivity index is 2.38. The highest BCUT2D eigenvalue weighted by Crippen LogP contribution is 2.25. The molecule has 0 aliphatic rings. The lowest BCUT2D eigenvalue weighted by Gasteiger charge is -2.30. The van der Waals surface area contributed by atoms with Gasteiger partial charge in [0.05, 0.1) is 0 Å². The van der Waals surface area contributed by atoms with E-state index < -0.39 is 5.54 Å². The van der Waals surface area contributed by atoms with Crippen LogP contribution >= 0.6 is 0 Å². The Morgan fingerprint density at radius 1 is 1.00 bits per heavy atom. The van der Waals surface area contributed by atoms with E-state index in [4.69, 9.17) is 0 Å². The van der Waals surface area contributed by atoms with E-state index >= 15 is 0 Å². The molecular formula is C24H33FN4O2. The van der Waals surface area contributed by atoms with E-state index in [1.165, 1.54) is 12.1 Å². The second-order valence-electron chi connectivity index (χ2n) is 8.80. The largest absolute Gasteiger partial charge is 0.377 e. The van der Waals surface area contributed by atoms with E-state index in [-0.39, 0.29) is 17.8 Å². The van der Waals surface area contributed by atoms with Crippen LogP contribution in [0.1, 0.15) is 45.2 Å². The first-order valence-electron chi connectivity index (χ1n) is 10.4. The van der Waals surface area contributed by atoms with Crippen molar-refractivity contribution in [3.63, 3.8) is 0 Å².